The van der Waals surface area contributed by atoms with Crippen molar-refractivity contribution < 1.29 is 22.0 Å². The van der Waals surface area contributed by atoms with Gasteiger partial charge in [-0.05, 0) is 6.92 Å². The largest absolute Gasteiger partial charge is 0.354 e. The van der Waals surface area contributed by atoms with Crippen molar-refractivity contribution in [3.05, 3.63) is 0 Å². The summed E-state index contributed by atoms with van der Waals surface area (Å²) in [6.07, 6.45) is 0. The lowest BCUT2D eigenvalue weighted by Crippen LogP contribution is -2.33. The molecule has 0 aliphatic heterocycles. The van der Waals surface area contributed by atoms with Gasteiger partial charge in [-0.3, -0.25) is 0 Å². The van der Waals surface area contributed by atoms with Gasteiger partial charge in [0, 0.05) is 0 Å². The normalized spacial score (nSPS) is 32.3. The molecule has 1 aliphatic rings. The van der Waals surface area contributed by atoms with Crippen molar-refractivity contribution in [1.82, 2.24) is 0 Å². The van der Waals surface area contributed by atoms with Gasteiger partial charge in [-0.2, -0.15) is 17.6 Å². The minimum atomic E-state index is -4.71. The zero-order chi connectivity index (χ0) is 10.7. The summed E-state index contributed by atoms with van der Waals surface area (Å²) < 4.78 is 62.2. The second-order valence-electron chi connectivity index (χ2n) is 2.94. The van der Waals surface area contributed by atoms with Crippen LogP contribution in [0.3, 0.4) is 0 Å². The molecule has 0 radical (unpaired) electrons. The minimum Gasteiger partial charge on any atom is -0.228 e. The van der Waals surface area contributed by atoms with Gasteiger partial charge in [0.15, 0.2) is 0 Å². The number of halogens is 7. The van der Waals surface area contributed by atoms with Gasteiger partial charge in [0.25, 0.3) is 5.67 Å². The predicted molar refractivity (Wildman–Crippen MR) is 38.7 cm³/mol. The van der Waals surface area contributed by atoms with E-state index in [0.29, 0.717) is 0 Å². The molecule has 2 atom stereocenters. The third kappa shape index (κ3) is 1.03. The Kier molecular flexibility index (Phi) is 2.28. The molecule has 0 spiro atoms. The smallest absolute Gasteiger partial charge is 0.228 e. The van der Waals surface area contributed by atoms with Crippen LogP contribution in [0.2, 0.25) is 0 Å². The van der Waals surface area contributed by atoms with E-state index in [1.54, 1.807) is 0 Å². The van der Waals surface area contributed by atoms with Gasteiger partial charge in [-0.1, -0.05) is 0 Å². The highest BCUT2D eigenvalue weighted by molar-refractivity contribution is 6.30. The van der Waals surface area contributed by atoms with Crippen LogP contribution in [0.5, 0.6) is 0 Å². The first-order chi connectivity index (χ1) is 5.60. The Hall–Kier alpha value is 0.230. The third-order valence-electron chi connectivity index (χ3n) is 2.03. The molecule has 1 rings (SSSR count). The average molecular weight is 243 g/mol. The van der Waals surface area contributed by atoms with Crippen molar-refractivity contribution >= 4 is 23.2 Å². The molecule has 1 aliphatic carbocycles. The molecule has 0 saturated heterocycles. The quantitative estimate of drug-likeness (QED) is 0.516. The van der Waals surface area contributed by atoms with Crippen LogP contribution in [-0.2, 0) is 0 Å². The summed E-state index contributed by atoms with van der Waals surface area (Å²) in [7, 11) is 0. The highest BCUT2D eigenvalue weighted by atomic mass is 35.5. The van der Waals surface area contributed by atoms with Crippen LogP contribution in [-0.4, -0.2) is 28.3 Å². The second kappa shape index (κ2) is 2.63. The first kappa shape index (κ1) is 11.3. The van der Waals surface area contributed by atoms with E-state index in [-0.39, 0.29) is 0 Å². The zero-order valence-electron chi connectivity index (χ0n) is 6.30. The first-order valence-electron chi connectivity index (χ1n) is 3.33. The zero-order valence-corrected chi connectivity index (χ0v) is 7.81. The highest BCUT2D eigenvalue weighted by Gasteiger charge is 3.01. The standard InChI is InChI=1S/C6H5Cl2F5/c1-2(7)3(8)4(9)5(10,11)6(4,12)13/h2-3H,1H3. The van der Waals surface area contributed by atoms with Crippen LogP contribution in [0.25, 0.3) is 0 Å². The van der Waals surface area contributed by atoms with Gasteiger partial charge in [0.1, 0.15) is 0 Å². The highest BCUT2D eigenvalue weighted by Crippen LogP contribution is 2.71. The van der Waals surface area contributed by atoms with Crippen LogP contribution in [0.15, 0.2) is 0 Å². The van der Waals surface area contributed by atoms with Crippen molar-refractivity contribution in [1.29, 1.82) is 0 Å². The van der Waals surface area contributed by atoms with Crippen molar-refractivity contribution in [2.24, 2.45) is 0 Å². The molecule has 0 heterocycles. The summed E-state index contributed by atoms with van der Waals surface area (Å²) in [4.78, 5) is 0. The maximum atomic E-state index is 13.0. The molecule has 78 valence electrons. The molecule has 0 amide bonds. The molecular formula is C6H5Cl2F5. The Labute approximate surface area is 81.0 Å². The number of hydrogen-bond acceptors (Lipinski definition) is 0. The fourth-order valence-electron chi connectivity index (χ4n) is 1.07. The Balaban J connectivity index is 2.95. The number of rotatable bonds is 2. The summed E-state index contributed by atoms with van der Waals surface area (Å²) in [5.41, 5.74) is -4.01. The van der Waals surface area contributed by atoms with Crippen LogP contribution in [0.4, 0.5) is 22.0 Å². The maximum absolute atomic E-state index is 13.0. The fourth-order valence-corrected chi connectivity index (χ4v) is 1.52. The number of alkyl halides is 7. The molecule has 0 aromatic heterocycles. The Morgan fingerprint density at radius 2 is 1.23 bits per heavy atom. The van der Waals surface area contributed by atoms with E-state index < -0.39 is 28.3 Å². The minimum absolute atomic E-state index is 1.07. The predicted octanol–water partition coefficient (Wildman–Crippen LogP) is 3.21. The SMILES string of the molecule is CC(Cl)C(Cl)C1(F)C(F)(F)C1(F)F. The van der Waals surface area contributed by atoms with Gasteiger partial charge in [-0.15, -0.1) is 23.2 Å². The van der Waals surface area contributed by atoms with Crippen LogP contribution in [0.1, 0.15) is 6.92 Å². The average Bonchev–Trinajstić information content (AvgIpc) is 2.28. The molecule has 0 aromatic carbocycles. The van der Waals surface area contributed by atoms with Crippen molar-refractivity contribution in [3.63, 3.8) is 0 Å². The van der Waals surface area contributed by atoms with E-state index >= 15 is 0 Å². The van der Waals surface area contributed by atoms with Gasteiger partial charge < -0.3 is 0 Å². The Morgan fingerprint density at radius 1 is 0.923 bits per heavy atom. The van der Waals surface area contributed by atoms with Gasteiger partial charge >= 0.3 is 11.8 Å². The summed E-state index contributed by atoms with van der Waals surface area (Å²) in [6, 6.07) is 0. The molecule has 0 aromatic rings. The lowest BCUT2D eigenvalue weighted by atomic mass is 10.2. The van der Waals surface area contributed by atoms with Crippen LogP contribution in [0, 0.1) is 0 Å². The Morgan fingerprint density at radius 3 is 1.31 bits per heavy atom. The topological polar surface area (TPSA) is 0 Å². The number of hydrogen-bond donors (Lipinski definition) is 0. The van der Waals surface area contributed by atoms with E-state index in [4.69, 9.17) is 23.2 Å². The van der Waals surface area contributed by atoms with E-state index in [2.05, 4.69) is 0 Å². The van der Waals surface area contributed by atoms with Gasteiger partial charge in [0.05, 0.1) is 10.8 Å². The molecule has 2 unspecified atom stereocenters. The molecule has 0 N–H and O–H groups in total. The summed E-state index contributed by atoms with van der Waals surface area (Å²) >= 11 is 10.2. The maximum Gasteiger partial charge on any atom is 0.354 e. The fraction of sp³-hybridized carbons (Fsp3) is 1.00. The lowest BCUT2D eigenvalue weighted by Gasteiger charge is -2.14. The lowest BCUT2D eigenvalue weighted by molar-refractivity contribution is -0.0278. The van der Waals surface area contributed by atoms with Crippen molar-refractivity contribution in [2.75, 3.05) is 0 Å². The molecule has 13 heavy (non-hydrogen) atoms. The van der Waals surface area contributed by atoms with Gasteiger partial charge in [-0.25, -0.2) is 4.39 Å². The molecule has 0 bridgehead atoms. The van der Waals surface area contributed by atoms with E-state index in [1.807, 2.05) is 0 Å². The monoisotopic (exact) mass is 242 g/mol. The summed E-state index contributed by atoms with van der Waals surface area (Å²) in [5.74, 6) is -9.43. The van der Waals surface area contributed by atoms with E-state index in [1.165, 1.54) is 0 Å². The molecule has 1 fully saturated rings. The molecule has 1 saturated carbocycles. The van der Waals surface area contributed by atoms with Crippen molar-refractivity contribution in [3.8, 4) is 0 Å². The third-order valence-corrected chi connectivity index (χ3v) is 3.09. The van der Waals surface area contributed by atoms with Crippen LogP contribution < -0.4 is 0 Å². The molecular weight excluding hydrogens is 238 g/mol. The van der Waals surface area contributed by atoms with E-state index in [9.17, 15) is 22.0 Å². The Bertz CT molecular complexity index is 213. The van der Waals surface area contributed by atoms with Gasteiger partial charge in [0.2, 0.25) is 0 Å². The first-order valence-corrected chi connectivity index (χ1v) is 4.20. The molecule has 7 heteroatoms. The summed E-state index contributed by atoms with van der Waals surface area (Å²) in [6.45, 7) is 1.07. The summed E-state index contributed by atoms with van der Waals surface area (Å²) in [5, 5.41) is -3.41. The molecule has 0 nitrogen and oxygen atoms in total. The second-order valence-corrected chi connectivity index (χ2v) is 4.10. The van der Waals surface area contributed by atoms with Crippen LogP contribution >= 0.6 is 23.2 Å². The van der Waals surface area contributed by atoms with Crippen molar-refractivity contribution in [2.45, 2.75) is 35.2 Å². The van der Waals surface area contributed by atoms with E-state index in [0.717, 1.165) is 6.92 Å².